The first kappa shape index (κ1) is 14.5. The SMILES string of the molecule is [CH2]CCCCOC(=O)CCCCCCC. The minimum Gasteiger partial charge on any atom is -0.466 e. The van der Waals surface area contributed by atoms with Crippen LogP contribution in [-0.4, -0.2) is 12.6 Å². The quantitative estimate of drug-likeness (QED) is 0.406. The van der Waals surface area contributed by atoms with Crippen LogP contribution < -0.4 is 0 Å². The van der Waals surface area contributed by atoms with Gasteiger partial charge in [-0.05, 0) is 12.8 Å². The molecule has 0 aliphatic rings. The summed E-state index contributed by atoms with van der Waals surface area (Å²) in [4.78, 5) is 11.2. The molecular formula is C13H25O2. The lowest BCUT2D eigenvalue weighted by Gasteiger charge is -2.03. The first-order valence-corrected chi connectivity index (χ1v) is 6.26. The number of esters is 1. The molecule has 0 rings (SSSR count). The fraction of sp³-hybridized carbons (Fsp3) is 0.846. The molecule has 2 heteroatoms. The van der Waals surface area contributed by atoms with Gasteiger partial charge in [0.05, 0.1) is 6.61 Å². The van der Waals surface area contributed by atoms with Crippen LogP contribution in [0.4, 0.5) is 0 Å². The fourth-order valence-electron chi connectivity index (χ4n) is 1.41. The summed E-state index contributed by atoms with van der Waals surface area (Å²) < 4.78 is 5.08. The molecule has 0 atom stereocenters. The zero-order valence-corrected chi connectivity index (χ0v) is 10.1. The predicted molar refractivity (Wildman–Crippen MR) is 63.5 cm³/mol. The second kappa shape index (κ2) is 11.5. The standard InChI is InChI=1S/C13H25O2/c1-3-5-7-8-9-11-13(14)15-12-10-6-4-2/h2-12H2,1H3. The van der Waals surface area contributed by atoms with Crippen LogP contribution in [0.3, 0.4) is 0 Å². The van der Waals surface area contributed by atoms with Crippen LogP contribution in [0.25, 0.3) is 0 Å². The van der Waals surface area contributed by atoms with Crippen LogP contribution >= 0.6 is 0 Å². The van der Waals surface area contributed by atoms with E-state index in [0.29, 0.717) is 13.0 Å². The van der Waals surface area contributed by atoms with Crippen LogP contribution in [-0.2, 0) is 9.53 Å². The molecule has 0 amide bonds. The molecule has 0 aromatic heterocycles. The maximum atomic E-state index is 11.2. The third-order valence-corrected chi connectivity index (χ3v) is 2.39. The minimum absolute atomic E-state index is 0.0319. The summed E-state index contributed by atoms with van der Waals surface area (Å²) in [6.07, 6.45) is 9.41. The molecule has 0 unspecified atom stereocenters. The summed E-state index contributed by atoms with van der Waals surface area (Å²) >= 11 is 0. The maximum absolute atomic E-state index is 11.2. The van der Waals surface area contributed by atoms with Gasteiger partial charge in [0.25, 0.3) is 0 Å². The lowest BCUT2D eigenvalue weighted by molar-refractivity contribution is -0.143. The molecular weight excluding hydrogens is 188 g/mol. The molecule has 2 nitrogen and oxygen atoms in total. The predicted octanol–water partition coefficient (Wildman–Crippen LogP) is 3.89. The molecule has 0 heterocycles. The Balaban J connectivity index is 3.11. The Hall–Kier alpha value is -0.530. The van der Waals surface area contributed by atoms with Crippen molar-refractivity contribution in [3.8, 4) is 0 Å². The summed E-state index contributed by atoms with van der Waals surface area (Å²) in [6, 6.07) is 0. The van der Waals surface area contributed by atoms with Crippen molar-refractivity contribution in [3.05, 3.63) is 6.92 Å². The van der Waals surface area contributed by atoms with E-state index < -0.39 is 0 Å². The highest BCUT2D eigenvalue weighted by molar-refractivity contribution is 5.69. The highest BCUT2D eigenvalue weighted by atomic mass is 16.5. The van der Waals surface area contributed by atoms with Crippen molar-refractivity contribution in [1.29, 1.82) is 0 Å². The average molecular weight is 213 g/mol. The van der Waals surface area contributed by atoms with E-state index in [0.717, 1.165) is 32.1 Å². The Morgan fingerprint density at radius 3 is 2.47 bits per heavy atom. The Morgan fingerprint density at radius 1 is 1.07 bits per heavy atom. The molecule has 0 aromatic rings. The van der Waals surface area contributed by atoms with E-state index in [2.05, 4.69) is 13.8 Å². The van der Waals surface area contributed by atoms with Crippen LogP contribution in [0, 0.1) is 6.92 Å². The van der Waals surface area contributed by atoms with Gasteiger partial charge in [-0.1, -0.05) is 52.4 Å². The molecule has 0 saturated carbocycles. The van der Waals surface area contributed by atoms with Gasteiger partial charge in [0.2, 0.25) is 0 Å². The van der Waals surface area contributed by atoms with Crippen LogP contribution in [0.15, 0.2) is 0 Å². The lowest BCUT2D eigenvalue weighted by Crippen LogP contribution is -2.05. The van der Waals surface area contributed by atoms with E-state index in [1.807, 2.05) is 0 Å². The molecule has 15 heavy (non-hydrogen) atoms. The van der Waals surface area contributed by atoms with Gasteiger partial charge in [0.15, 0.2) is 0 Å². The van der Waals surface area contributed by atoms with Crippen LogP contribution in [0.2, 0.25) is 0 Å². The van der Waals surface area contributed by atoms with Crippen molar-refractivity contribution in [2.75, 3.05) is 6.61 Å². The van der Waals surface area contributed by atoms with Crippen LogP contribution in [0.1, 0.15) is 64.7 Å². The summed E-state index contributed by atoms with van der Waals surface area (Å²) in [7, 11) is 0. The van der Waals surface area contributed by atoms with Gasteiger partial charge in [0, 0.05) is 6.42 Å². The third-order valence-electron chi connectivity index (χ3n) is 2.39. The largest absolute Gasteiger partial charge is 0.466 e. The Morgan fingerprint density at radius 2 is 1.80 bits per heavy atom. The molecule has 1 radical (unpaired) electrons. The van der Waals surface area contributed by atoms with Crippen molar-refractivity contribution < 1.29 is 9.53 Å². The van der Waals surface area contributed by atoms with Gasteiger partial charge in [-0.3, -0.25) is 4.79 Å². The van der Waals surface area contributed by atoms with Gasteiger partial charge in [-0.25, -0.2) is 0 Å². The highest BCUT2D eigenvalue weighted by Crippen LogP contribution is 2.06. The summed E-state index contributed by atoms with van der Waals surface area (Å²) in [5, 5.41) is 0. The van der Waals surface area contributed by atoms with E-state index in [1.165, 1.54) is 19.3 Å². The number of carbonyl (C=O) groups is 1. The van der Waals surface area contributed by atoms with Gasteiger partial charge < -0.3 is 4.74 Å². The number of carbonyl (C=O) groups excluding carboxylic acids is 1. The molecule has 89 valence electrons. The van der Waals surface area contributed by atoms with E-state index in [4.69, 9.17) is 4.74 Å². The second-order valence-electron chi connectivity index (χ2n) is 3.95. The number of hydrogen-bond donors (Lipinski definition) is 0. The highest BCUT2D eigenvalue weighted by Gasteiger charge is 2.01. The number of unbranched alkanes of at least 4 members (excludes halogenated alkanes) is 6. The van der Waals surface area contributed by atoms with E-state index in [-0.39, 0.29) is 5.97 Å². The summed E-state index contributed by atoms with van der Waals surface area (Å²) in [5.74, 6) is -0.0319. The molecule has 0 aliphatic carbocycles. The molecule has 0 aliphatic heterocycles. The molecule has 0 spiro atoms. The van der Waals surface area contributed by atoms with Gasteiger partial charge in [-0.2, -0.15) is 0 Å². The molecule has 0 saturated heterocycles. The lowest BCUT2D eigenvalue weighted by atomic mass is 10.1. The smallest absolute Gasteiger partial charge is 0.305 e. The van der Waals surface area contributed by atoms with Gasteiger partial charge >= 0.3 is 5.97 Å². The maximum Gasteiger partial charge on any atom is 0.305 e. The third kappa shape index (κ3) is 11.4. The van der Waals surface area contributed by atoms with Gasteiger partial charge in [-0.15, -0.1) is 0 Å². The zero-order chi connectivity index (χ0) is 11.4. The molecule has 0 aromatic carbocycles. The number of ether oxygens (including phenoxy) is 1. The topological polar surface area (TPSA) is 26.3 Å². The Labute approximate surface area is 94.4 Å². The normalized spacial score (nSPS) is 10.3. The Bertz CT molecular complexity index is 143. The van der Waals surface area contributed by atoms with E-state index >= 15 is 0 Å². The van der Waals surface area contributed by atoms with E-state index in [9.17, 15) is 4.79 Å². The minimum atomic E-state index is -0.0319. The Kier molecular flexibility index (Phi) is 11.1. The molecule has 0 N–H and O–H groups in total. The number of rotatable bonds is 10. The fourth-order valence-corrected chi connectivity index (χ4v) is 1.41. The first-order chi connectivity index (χ1) is 7.31. The average Bonchev–Trinajstić information content (AvgIpc) is 2.24. The summed E-state index contributed by atoms with van der Waals surface area (Å²) in [5.41, 5.74) is 0. The monoisotopic (exact) mass is 213 g/mol. The zero-order valence-electron chi connectivity index (χ0n) is 10.1. The van der Waals surface area contributed by atoms with E-state index in [1.54, 1.807) is 0 Å². The summed E-state index contributed by atoms with van der Waals surface area (Å²) in [6.45, 7) is 6.50. The van der Waals surface area contributed by atoms with Crippen molar-refractivity contribution >= 4 is 5.97 Å². The molecule has 0 fully saturated rings. The first-order valence-electron chi connectivity index (χ1n) is 6.26. The van der Waals surface area contributed by atoms with Crippen molar-refractivity contribution in [2.24, 2.45) is 0 Å². The van der Waals surface area contributed by atoms with Gasteiger partial charge in [0.1, 0.15) is 0 Å². The molecule has 0 bridgehead atoms. The van der Waals surface area contributed by atoms with Crippen molar-refractivity contribution in [3.63, 3.8) is 0 Å². The second-order valence-corrected chi connectivity index (χ2v) is 3.95. The van der Waals surface area contributed by atoms with Crippen molar-refractivity contribution in [1.82, 2.24) is 0 Å². The van der Waals surface area contributed by atoms with Crippen molar-refractivity contribution in [2.45, 2.75) is 64.7 Å². The number of hydrogen-bond acceptors (Lipinski definition) is 2. The van der Waals surface area contributed by atoms with Crippen LogP contribution in [0.5, 0.6) is 0 Å².